The van der Waals surface area contributed by atoms with Crippen molar-refractivity contribution < 1.29 is 18.7 Å². The molecular weight excluding hydrogens is 342 g/mol. The lowest BCUT2D eigenvalue weighted by Crippen LogP contribution is -2.41. The van der Waals surface area contributed by atoms with Crippen LogP contribution in [-0.4, -0.2) is 23.3 Å². The Hall–Kier alpha value is -2.30. The van der Waals surface area contributed by atoms with Gasteiger partial charge in [-0.25, -0.2) is 0 Å². The average Bonchev–Trinajstić information content (AvgIpc) is 2.92. The highest BCUT2D eigenvalue weighted by Crippen LogP contribution is 2.40. The first-order valence-corrected chi connectivity index (χ1v) is 9.86. The van der Waals surface area contributed by atoms with Crippen LogP contribution in [0.15, 0.2) is 16.5 Å². The Morgan fingerprint density at radius 2 is 1.96 bits per heavy atom. The van der Waals surface area contributed by atoms with Gasteiger partial charge in [0.25, 0.3) is 5.91 Å². The number of amides is 1. The zero-order valence-electron chi connectivity index (χ0n) is 16.5. The lowest BCUT2D eigenvalue weighted by Gasteiger charge is -2.31. The van der Waals surface area contributed by atoms with Gasteiger partial charge in [-0.05, 0) is 51.7 Å². The predicted octanol–water partition coefficient (Wildman–Crippen LogP) is 4.79. The number of hydrogen-bond donors (Lipinski definition) is 1. The van der Waals surface area contributed by atoms with Crippen LogP contribution in [0, 0.1) is 12.8 Å². The van der Waals surface area contributed by atoms with E-state index in [1.165, 1.54) is 6.42 Å². The molecule has 27 heavy (non-hydrogen) atoms. The average molecular weight is 369 g/mol. The number of furan rings is 1. The van der Waals surface area contributed by atoms with E-state index < -0.39 is 5.60 Å². The van der Waals surface area contributed by atoms with Gasteiger partial charge in [-0.3, -0.25) is 9.59 Å². The minimum Gasteiger partial charge on any atom is -0.487 e. The van der Waals surface area contributed by atoms with Crippen molar-refractivity contribution in [1.82, 2.24) is 5.32 Å². The second-order valence-electron chi connectivity index (χ2n) is 8.67. The molecule has 1 amide bonds. The third-order valence-corrected chi connectivity index (χ3v) is 5.94. The van der Waals surface area contributed by atoms with Crippen LogP contribution in [-0.2, 0) is 0 Å². The van der Waals surface area contributed by atoms with E-state index in [1.807, 2.05) is 20.8 Å². The van der Waals surface area contributed by atoms with Gasteiger partial charge in [0.1, 0.15) is 16.9 Å². The zero-order chi connectivity index (χ0) is 19.3. The van der Waals surface area contributed by atoms with E-state index in [-0.39, 0.29) is 17.7 Å². The van der Waals surface area contributed by atoms with Crippen molar-refractivity contribution in [2.24, 2.45) is 5.92 Å². The van der Waals surface area contributed by atoms with Gasteiger partial charge in [0.2, 0.25) is 0 Å². The molecule has 1 aliphatic heterocycles. The normalized spacial score (nSPS) is 24.4. The standard InChI is InChI=1S/C22H27NO4/c1-12-7-5-6-8-14(12)23-21(25)20-13(2)18-16(26-20)9-10-17-19(18)15(24)11-22(3,4)27-17/h9-10,12,14H,5-8,11H2,1-4H3,(H,23,25)/t12-,14-/m1/s1. The molecule has 2 aliphatic rings. The minimum absolute atomic E-state index is 0.0311. The number of fused-ring (bicyclic) bond motifs is 3. The predicted molar refractivity (Wildman–Crippen MR) is 103 cm³/mol. The third-order valence-electron chi connectivity index (χ3n) is 5.94. The number of Topliss-reactive ketones (excluding diaryl/α,β-unsaturated/α-hetero) is 1. The lowest BCUT2D eigenvalue weighted by atomic mass is 9.86. The Bertz CT molecular complexity index is 924. The van der Waals surface area contributed by atoms with Gasteiger partial charge >= 0.3 is 0 Å². The molecule has 5 heteroatoms. The van der Waals surface area contributed by atoms with Gasteiger partial charge in [-0.2, -0.15) is 0 Å². The first-order valence-electron chi connectivity index (χ1n) is 9.86. The number of ether oxygens (including phenoxy) is 1. The Balaban J connectivity index is 1.72. The minimum atomic E-state index is -0.521. The van der Waals surface area contributed by atoms with Crippen molar-refractivity contribution >= 4 is 22.7 Å². The smallest absolute Gasteiger partial charge is 0.287 e. The number of aryl methyl sites for hydroxylation is 1. The Kier molecular flexibility index (Phi) is 4.28. The van der Waals surface area contributed by atoms with Crippen molar-refractivity contribution in [3.05, 3.63) is 29.0 Å². The summed E-state index contributed by atoms with van der Waals surface area (Å²) in [6.45, 7) is 7.84. The van der Waals surface area contributed by atoms with Crippen LogP contribution in [0.3, 0.4) is 0 Å². The molecule has 2 heterocycles. The molecule has 1 aromatic carbocycles. The topological polar surface area (TPSA) is 68.5 Å². The molecule has 2 atom stereocenters. The van der Waals surface area contributed by atoms with Gasteiger partial charge < -0.3 is 14.5 Å². The first kappa shape index (κ1) is 18.1. The van der Waals surface area contributed by atoms with Gasteiger partial charge in [0.15, 0.2) is 11.5 Å². The van der Waals surface area contributed by atoms with Gasteiger partial charge in [0, 0.05) is 17.0 Å². The summed E-state index contributed by atoms with van der Waals surface area (Å²) in [5.41, 5.74) is 1.29. The Morgan fingerprint density at radius 3 is 2.70 bits per heavy atom. The fourth-order valence-electron chi connectivity index (χ4n) is 4.47. The largest absolute Gasteiger partial charge is 0.487 e. The summed E-state index contributed by atoms with van der Waals surface area (Å²) in [5.74, 6) is 1.18. The highest BCUT2D eigenvalue weighted by molar-refractivity contribution is 6.13. The second-order valence-corrected chi connectivity index (χ2v) is 8.67. The number of ketones is 1. The quantitative estimate of drug-likeness (QED) is 0.826. The lowest BCUT2D eigenvalue weighted by molar-refractivity contribution is 0.0623. The van der Waals surface area contributed by atoms with E-state index in [0.717, 1.165) is 19.3 Å². The van der Waals surface area contributed by atoms with Crippen LogP contribution in [0.5, 0.6) is 5.75 Å². The summed E-state index contributed by atoms with van der Waals surface area (Å²) >= 11 is 0. The van der Waals surface area contributed by atoms with E-state index in [0.29, 0.717) is 45.9 Å². The first-order chi connectivity index (χ1) is 12.8. The molecule has 1 aromatic heterocycles. The number of carbonyl (C=O) groups is 2. The highest BCUT2D eigenvalue weighted by Gasteiger charge is 2.36. The fraction of sp³-hybridized carbons (Fsp3) is 0.545. The van der Waals surface area contributed by atoms with Crippen molar-refractivity contribution in [2.75, 3.05) is 0 Å². The highest BCUT2D eigenvalue weighted by atomic mass is 16.5. The number of nitrogens with one attached hydrogen (secondary N) is 1. The maximum absolute atomic E-state index is 12.9. The summed E-state index contributed by atoms with van der Waals surface area (Å²) in [6, 6.07) is 3.73. The van der Waals surface area contributed by atoms with Crippen LogP contribution in [0.1, 0.15) is 79.4 Å². The van der Waals surface area contributed by atoms with Crippen LogP contribution >= 0.6 is 0 Å². The van der Waals surface area contributed by atoms with Crippen molar-refractivity contribution in [1.29, 1.82) is 0 Å². The molecule has 1 saturated carbocycles. The molecule has 5 nitrogen and oxygen atoms in total. The number of hydrogen-bond acceptors (Lipinski definition) is 4. The van der Waals surface area contributed by atoms with Gasteiger partial charge in [-0.15, -0.1) is 0 Å². The van der Waals surface area contributed by atoms with E-state index in [1.54, 1.807) is 12.1 Å². The third kappa shape index (κ3) is 3.13. The molecule has 4 rings (SSSR count). The summed E-state index contributed by atoms with van der Waals surface area (Å²) in [7, 11) is 0. The summed E-state index contributed by atoms with van der Waals surface area (Å²) in [5, 5.41) is 3.85. The van der Waals surface area contributed by atoms with E-state index in [9.17, 15) is 9.59 Å². The van der Waals surface area contributed by atoms with Crippen molar-refractivity contribution in [3.8, 4) is 5.75 Å². The van der Waals surface area contributed by atoms with Gasteiger partial charge in [0.05, 0.1) is 12.0 Å². The molecule has 0 bridgehead atoms. The number of rotatable bonds is 2. The van der Waals surface area contributed by atoms with E-state index in [4.69, 9.17) is 9.15 Å². The van der Waals surface area contributed by atoms with Crippen molar-refractivity contribution in [3.63, 3.8) is 0 Å². The van der Waals surface area contributed by atoms with Crippen LogP contribution < -0.4 is 10.1 Å². The van der Waals surface area contributed by atoms with E-state index >= 15 is 0 Å². The molecule has 1 fully saturated rings. The maximum atomic E-state index is 12.9. The summed E-state index contributed by atoms with van der Waals surface area (Å²) in [4.78, 5) is 25.7. The molecule has 0 spiro atoms. The Morgan fingerprint density at radius 1 is 1.22 bits per heavy atom. The fourth-order valence-corrected chi connectivity index (χ4v) is 4.47. The molecule has 2 aromatic rings. The molecule has 0 unspecified atom stereocenters. The summed E-state index contributed by atoms with van der Waals surface area (Å²) in [6.07, 6.45) is 4.82. The molecular formula is C22H27NO4. The molecule has 1 N–H and O–H groups in total. The second kappa shape index (κ2) is 6.39. The SMILES string of the molecule is Cc1c(C(=O)N[C@@H]2CCCC[C@H]2C)oc2ccc3c(c12)C(=O)CC(C)(C)O3. The summed E-state index contributed by atoms with van der Waals surface area (Å²) < 4.78 is 11.9. The zero-order valence-corrected chi connectivity index (χ0v) is 16.5. The molecule has 144 valence electrons. The van der Waals surface area contributed by atoms with Crippen LogP contribution in [0.4, 0.5) is 0 Å². The van der Waals surface area contributed by atoms with Crippen LogP contribution in [0.25, 0.3) is 11.0 Å². The maximum Gasteiger partial charge on any atom is 0.287 e. The number of carbonyl (C=O) groups excluding carboxylic acids is 2. The molecule has 1 aliphatic carbocycles. The Labute approximate surface area is 159 Å². The van der Waals surface area contributed by atoms with Crippen molar-refractivity contribution in [2.45, 2.75) is 71.4 Å². The molecule has 0 radical (unpaired) electrons. The monoisotopic (exact) mass is 369 g/mol. The molecule has 0 saturated heterocycles. The van der Waals surface area contributed by atoms with E-state index in [2.05, 4.69) is 12.2 Å². The number of benzene rings is 1. The van der Waals surface area contributed by atoms with Gasteiger partial charge in [-0.1, -0.05) is 19.8 Å². The van der Waals surface area contributed by atoms with Crippen LogP contribution in [0.2, 0.25) is 0 Å².